The number of hydrogen-bond acceptors (Lipinski definition) is 2. The second-order valence-electron chi connectivity index (χ2n) is 5.90. The molecule has 0 saturated heterocycles. The fourth-order valence-electron chi connectivity index (χ4n) is 3.02. The fraction of sp³-hybridized carbons (Fsp3) is 0.526. The van der Waals surface area contributed by atoms with Crippen LogP contribution in [0.5, 0.6) is 0 Å². The zero-order valence-electron chi connectivity index (χ0n) is 13.8. The van der Waals surface area contributed by atoms with Gasteiger partial charge in [-0.05, 0) is 38.3 Å². The maximum Gasteiger partial charge on any atom is 0.249 e. The molecule has 0 aromatic heterocycles. The highest BCUT2D eigenvalue weighted by molar-refractivity contribution is 5.93. The molecule has 0 saturated carbocycles. The molecule has 2 rings (SSSR count). The number of amides is 1. The second kappa shape index (κ2) is 8.74. The van der Waals surface area contributed by atoms with E-state index >= 15 is 0 Å². The lowest BCUT2D eigenvalue weighted by atomic mass is 9.95. The summed E-state index contributed by atoms with van der Waals surface area (Å²) in [6.45, 7) is 7.67. The Kier molecular flexibility index (Phi) is 6.66. The molecule has 1 aliphatic heterocycles. The van der Waals surface area contributed by atoms with Crippen molar-refractivity contribution in [2.75, 3.05) is 26.2 Å². The van der Waals surface area contributed by atoms with Crippen molar-refractivity contribution in [1.82, 2.24) is 10.2 Å². The Morgan fingerprint density at radius 1 is 1.27 bits per heavy atom. The van der Waals surface area contributed by atoms with Gasteiger partial charge in [0, 0.05) is 31.1 Å². The molecule has 120 valence electrons. The van der Waals surface area contributed by atoms with Gasteiger partial charge in [-0.2, -0.15) is 0 Å². The second-order valence-corrected chi connectivity index (χ2v) is 5.90. The van der Waals surface area contributed by atoms with Crippen molar-refractivity contribution in [3.63, 3.8) is 0 Å². The minimum absolute atomic E-state index is 0.223. The summed E-state index contributed by atoms with van der Waals surface area (Å²) in [5, 5.41) is 3.32. The van der Waals surface area contributed by atoms with Crippen LogP contribution in [0, 0.1) is 0 Å². The summed E-state index contributed by atoms with van der Waals surface area (Å²) in [7, 11) is 0. The average molecular weight is 300 g/mol. The number of carbonyl (C=O) groups is 1. The smallest absolute Gasteiger partial charge is 0.249 e. The highest BCUT2D eigenvalue weighted by atomic mass is 16.2. The number of nitrogens with one attached hydrogen (secondary N) is 1. The molecule has 1 aromatic rings. The molecule has 0 bridgehead atoms. The Hall–Kier alpha value is -1.61. The van der Waals surface area contributed by atoms with Crippen LogP contribution in [0.25, 0.3) is 0 Å². The molecule has 1 aliphatic rings. The van der Waals surface area contributed by atoms with Crippen LogP contribution in [-0.2, 0) is 4.79 Å². The van der Waals surface area contributed by atoms with E-state index in [2.05, 4.69) is 49.5 Å². The van der Waals surface area contributed by atoms with E-state index in [9.17, 15) is 4.79 Å². The molecule has 0 spiro atoms. The lowest BCUT2D eigenvalue weighted by Crippen LogP contribution is -2.35. The highest BCUT2D eigenvalue weighted by Crippen LogP contribution is 2.22. The van der Waals surface area contributed by atoms with Crippen LogP contribution in [0.3, 0.4) is 0 Å². The van der Waals surface area contributed by atoms with Crippen molar-refractivity contribution in [3.8, 4) is 0 Å². The highest BCUT2D eigenvalue weighted by Gasteiger charge is 2.21. The number of likely N-dealkylation sites (N-methyl/N-ethyl adjacent to an activating group) is 1. The van der Waals surface area contributed by atoms with Gasteiger partial charge < -0.3 is 10.2 Å². The number of carbonyl (C=O) groups excluding carboxylic acids is 1. The minimum Gasteiger partial charge on any atom is -0.339 e. The van der Waals surface area contributed by atoms with Gasteiger partial charge in [0.15, 0.2) is 0 Å². The maximum atomic E-state index is 12.8. The number of hydrogen-bond donors (Lipinski definition) is 1. The van der Waals surface area contributed by atoms with Crippen molar-refractivity contribution < 1.29 is 4.79 Å². The van der Waals surface area contributed by atoms with E-state index in [0.717, 1.165) is 51.0 Å². The van der Waals surface area contributed by atoms with Crippen LogP contribution in [0.1, 0.15) is 44.6 Å². The van der Waals surface area contributed by atoms with Gasteiger partial charge in [-0.25, -0.2) is 0 Å². The zero-order valence-corrected chi connectivity index (χ0v) is 13.8. The van der Waals surface area contributed by atoms with Gasteiger partial charge in [0.1, 0.15) is 0 Å². The Labute approximate surface area is 134 Å². The fourth-order valence-corrected chi connectivity index (χ4v) is 3.02. The van der Waals surface area contributed by atoms with E-state index in [-0.39, 0.29) is 5.91 Å². The molecule has 1 unspecified atom stereocenters. The summed E-state index contributed by atoms with van der Waals surface area (Å²) in [4.78, 5) is 14.8. The van der Waals surface area contributed by atoms with Crippen molar-refractivity contribution in [2.45, 2.75) is 39.0 Å². The van der Waals surface area contributed by atoms with Crippen LogP contribution in [0.15, 0.2) is 42.0 Å². The van der Waals surface area contributed by atoms with E-state index in [1.807, 2.05) is 11.0 Å². The van der Waals surface area contributed by atoms with Crippen LogP contribution in [0.2, 0.25) is 0 Å². The van der Waals surface area contributed by atoms with Crippen molar-refractivity contribution >= 4 is 5.91 Å². The van der Waals surface area contributed by atoms with Crippen LogP contribution < -0.4 is 5.32 Å². The number of benzene rings is 1. The van der Waals surface area contributed by atoms with Crippen LogP contribution in [0.4, 0.5) is 0 Å². The molecule has 3 heteroatoms. The molecule has 1 amide bonds. The van der Waals surface area contributed by atoms with Gasteiger partial charge in [0.2, 0.25) is 5.91 Å². The normalized spacial score (nSPS) is 16.5. The zero-order chi connectivity index (χ0) is 15.8. The predicted octanol–water partition coefficient (Wildman–Crippen LogP) is 3.34. The summed E-state index contributed by atoms with van der Waals surface area (Å²) in [5.41, 5.74) is 2.31. The molecular weight excluding hydrogens is 272 g/mol. The Morgan fingerprint density at radius 3 is 2.73 bits per heavy atom. The largest absolute Gasteiger partial charge is 0.339 e. The van der Waals surface area contributed by atoms with E-state index in [1.165, 1.54) is 5.56 Å². The molecule has 3 nitrogen and oxygen atoms in total. The predicted molar refractivity (Wildman–Crippen MR) is 91.9 cm³/mol. The first-order valence-electron chi connectivity index (χ1n) is 8.50. The molecule has 1 N–H and O–H groups in total. The lowest BCUT2D eigenvalue weighted by molar-refractivity contribution is -0.127. The number of nitrogens with zero attached hydrogens (tertiary/aromatic N) is 1. The third-order valence-electron chi connectivity index (χ3n) is 4.44. The summed E-state index contributed by atoms with van der Waals surface area (Å²) in [6, 6.07) is 10.5. The molecule has 0 fully saturated rings. The van der Waals surface area contributed by atoms with Gasteiger partial charge in [-0.3, -0.25) is 4.79 Å². The van der Waals surface area contributed by atoms with Crippen molar-refractivity contribution in [2.24, 2.45) is 0 Å². The Bertz CT molecular complexity index is 495. The van der Waals surface area contributed by atoms with Crippen LogP contribution in [-0.4, -0.2) is 37.0 Å². The third kappa shape index (κ3) is 4.44. The molecule has 22 heavy (non-hydrogen) atoms. The van der Waals surface area contributed by atoms with Gasteiger partial charge in [-0.1, -0.05) is 43.3 Å². The summed E-state index contributed by atoms with van der Waals surface area (Å²) in [5.74, 6) is 0.634. The molecule has 0 aliphatic carbocycles. The van der Waals surface area contributed by atoms with Crippen molar-refractivity contribution in [1.29, 1.82) is 0 Å². The first kappa shape index (κ1) is 16.8. The summed E-state index contributed by atoms with van der Waals surface area (Å²) >= 11 is 0. The SMILES string of the molecule is CCC(CN(CC)C(=O)C1=CCNCCC1)c1ccccc1. The van der Waals surface area contributed by atoms with E-state index < -0.39 is 0 Å². The number of rotatable bonds is 6. The van der Waals surface area contributed by atoms with E-state index in [1.54, 1.807) is 0 Å². The first-order valence-corrected chi connectivity index (χ1v) is 8.50. The van der Waals surface area contributed by atoms with Crippen molar-refractivity contribution in [3.05, 3.63) is 47.5 Å². The van der Waals surface area contributed by atoms with Gasteiger partial charge in [0.25, 0.3) is 0 Å². The van der Waals surface area contributed by atoms with E-state index in [4.69, 9.17) is 0 Å². The molecule has 1 aromatic carbocycles. The maximum absolute atomic E-state index is 12.8. The summed E-state index contributed by atoms with van der Waals surface area (Å²) < 4.78 is 0. The van der Waals surface area contributed by atoms with Gasteiger partial charge in [-0.15, -0.1) is 0 Å². The molecule has 1 heterocycles. The van der Waals surface area contributed by atoms with Crippen LogP contribution >= 0.6 is 0 Å². The topological polar surface area (TPSA) is 32.3 Å². The third-order valence-corrected chi connectivity index (χ3v) is 4.44. The first-order chi connectivity index (χ1) is 10.8. The monoisotopic (exact) mass is 300 g/mol. The Morgan fingerprint density at radius 2 is 2.05 bits per heavy atom. The quantitative estimate of drug-likeness (QED) is 0.874. The minimum atomic E-state index is 0.223. The molecule has 0 radical (unpaired) electrons. The van der Waals surface area contributed by atoms with E-state index in [0.29, 0.717) is 5.92 Å². The summed E-state index contributed by atoms with van der Waals surface area (Å²) in [6.07, 6.45) is 5.06. The standard InChI is InChI=1S/C19H28N2O/c1-3-16(17-9-6-5-7-10-17)15-21(4-2)19(22)18-11-8-13-20-14-12-18/h5-7,9-10,12,16,20H,3-4,8,11,13-15H2,1-2H3. The van der Waals surface area contributed by atoms with Gasteiger partial charge >= 0.3 is 0 Å². The lowest BCUT2D eigenvalue weighted by Gasteiger charge is -2.27. The molecular formula is C19H28N2O. The average Bonchev–Trinajstić information content (AvgIpc) is 2.85. The molecule has 1 atom stereocenters. The Balaban J connectivity index is 2.06. The van der Waals surface area contributed by atoms with Gasteiger partial charge in [0.05, 0.1) is 0 Å².